The highest BCUT2D eigenvalue weighted by Crippen LogP contribution is 2.27. The Kier molecular flexibility index (Phi) is 6.54. The third kappa shape index (κ3) is 4.20. The molecule has 0 heterocycles. The van der Waals surface area contributed by atoms with Crippen LogP contribution >= 0.6 is 0 Å². The van der Waals surface area contributed by atoms with E-state index in [1.807, 2.05) is 6.07 Å². The van der Waals surface area contributed by atoms with Crippen LogP contribution in [-0.4, -0.2) is 7.11 Å². The highest BCUT2D eigenvalue weighted by Gasteiger charge is 2.17. The van der Waals surface area contributed by atoms with Crippen molar-refractivity contribution in [2.45, 2.75) is 46.1 Å². The van der Waals surface area contributed by atoms with Crippen molar-refractivity contribution in [1.29, 1.82) is 0 Å². The maximum Gasteiger partial charge on any atom is 0.0856 e. The minimum absolute atomic E-state index is 0.127. The Morgan fingerprint density at radius 1 is 1.22 bits per heavy atom. The smallest absolute Gasteiger partial charge is 0.0856 e. The standard InChI is InChI=1S/C17H24O/c1-5-6-7-8-11-15-12-9-10-13-16(15)17(18-4)14(2)3/h9-10,12-14,17H,5-7H2,1-4H3. The third-order valence-electron chi connectivity index (χ3n) is 3.01. The predicted octanol–water partition coefficient (Wildman–Crippen LogP) is 4.57. The zero-order chi connectivity index (χ0) is 13.4. The van der Waals surface area contributed by atoms with Crippen molar-refractivity contribution in [3.63, 3.8) is 0 Å². The molecule has 0 radical (unpaired) electrons. The van der Waals surface area contributed by atoms with Gasteiger partial charge >= 0.3 is 0 Å². The molecular formula is C17H24O. The van der Waals surface area contributed by atoms with E-state index in [0.717, 1.165) is 12.0 Å². The highest BCUT2D eigenvalue weighted by molar-refractivity contribution is 5.42. The van der Waals surface area contributed by atoms with E-state index in [4.69, 9.17) is 4.74 Å². The predicted molar refractivity (Wildman–Crippen MR) is 77.4 cm³/mol. The SMILES string of the molecule is CCCCC#Cc1ccccc1C(OC)C(C)C. The number of ether oxygens (including phenoxy) is 1. The van der Waals surface area contributed by atoms with Crippen molar-refractivity contribution < 1.29 is 4.74 Å². The average Bonchev–Trinajstić information content (AvgIpc) is 2.37. The van der Waals surface area contributed by atoms with Gasteiger partial charge in [-0.15, -0.1) is 0 Å². The van der Waals surface area contributed by atoms with Crippen LogP contribution in [0.1, 0.15) is 57.3 Å². The van der Waals surface area contributed by atoms with Gasteiger partial charge in [0.05, 0.1) is 6.10 Å². The summed E-state index contributed by atoms with van der Waals surface area (Å²) in [6.07, 6.45) is 3.47. The van der Waals surface area contributed by atoms with Crippen LogP contribution in [0.3, 0.4) is 0 Å². The van der Waals surface area contributed by atoms with Crippen LogP contribution in [0.4, 0.5) is 0 Å². The number of benzene rings is 1. The van der Waals surface area contributed by atoms with Crippen molar-refractivity contribution in [1.82, 2.24) is 0 Å². The van der Waals surface area contributed by atoms with E-state index in [2.05, 4.69) is 50.8 Å². The largest absolute Gasteiger partial charge is 0.376 e. The molecule has 1 heteroatoms. The second-order valence-electron chi connectivity index (χ2n) is 4.89. The topological polar surface area (TPSA) is 9.23 Å². The summed E-state index contributed by atoms with van der Waals surface area (Å²) in [5.41, 5.74) is 2.31. The van der Waals surface area contributed by atoms with Gasteiger partial charge in [0.1, 0.15) is 0 Å². The molecule has 0 aliphatic rings. The molecule has 0 saturated carbocycles. The van der Waals surface area contributed by atoms with Gasteiger partial charge in [0, 0.05) is 19.1 Å². The van der Waals surface area contributed by atoms with Crippen LogP contribution in [0.15, 0.2) is 24.3 Å². The zero-order valence-corrected chi connectivity index (χ0v) is 12.0. The third-order valence-corrected chi connectivity index (χ3v) is 3.01. The van der Waals surface area contributed by atoms with Crippen LogP contribution < -0.4 is 0 Å². The second-order valence-corrected chi connectivity index (χ2v) is 4.89. The molecule has 0 bridgehead atoms. The lowest BCUT2D eigenvalue weighted by Crippen LogP contribution is -2.10. The fourth-order valence-electron chi connectivity index (χ4n) is 2.04. The zero-order valence-electron chi connectivity index (χ0n) is 12.0. The monoisotopic (exact) mass is 244 g/mol. The normalized spacial score (nSPS) is 12.1. The Morgan fingerprint density at radius 2 is 1.94 bits per heavy atom. The molecule has 18 heavy (non-hydrogen) atoms. The summed E-state index contributed by atoms with van der Waals surface area (Å²) in [4.78, 5) is 0. The van der Waals surface area contributed by atoms with Gasteiger partial charge in [-0.05, 0) is 24.0 Å². The maximum atomic E-state index is 5.60. The van der Waals surface area contributed by atoms with Gasteiger partial charge in [0.2, 0.25) is 0 Å². The lowest BCUT2D eigenvalue weighted by molar-refractivity contribution is 0.0644. The molecule has 1 rings (SSSR count). The minimum atomic E-state index is 0.127. The van der Waals surface area contributed by atoms with Crippen molar-refractivity contribution in [2.75, 3.05) is 7.11 Å². The fraction of sp³-hybridized carbons (Fsp3) is 0.529. The first-order valence-corrected chi connectivity index (χ1v) is 6.81. The van der Waals surface area contributed by atoms with Gasteiger partial charge in [-0.3, -0.25) is 0 Å². The molecule has 1 aromatic carbocycles. The van der Waals surface area contributed by atoms with Gasteiger partial charge in [-0.25, -0.2) is 0 Å². The van der Waals surface area contributed by atoms with Gasteiger partial charge in [-0.2, -0.15) is 0 Å². The van der Waals surface area contributed by atoms with Crippen LogP contribution in [0.25, 0.3) is 0 Å². The summed E-state index contributed by atoms with van der Waals surface area (Å²) in [6, 6.07) is 8.31. The molecule has 0 aliphatic carbocycles. The summed E-state index contributed by atoms with van der Waals surface area (Å²) in [6.45, 7) is 6.54. The van der Waals surface area contributed by atoms with E-state index >= 15 is 0 Å². The molecular weight excluding hydrogens is 220 g/mol. The van der Waals surface area contributed by atoms with E-state index in [-0.39, 0.29) is 6.10 Å². The molecule has 0 fully saturated rings. The van der Waals surface area contributed by atoms with Crippen LogP contribution in [-0.2, 0) is 4.74 Å². The van der Waals surface area contributed by atoms with Gasteiger partial charge in [0.25, 0.3) is 0 Å². The first-order valence-electron chi connectivity index (χ1n) is 6.81. The molecule has 0 saturated heterocycles. The molecule has 1 aromatic rings. The number of unbranched alkanes of at least 4 members (excludes halogenated alkanes) is 2. The summed E-state index contributed by atoms with van der Waals surface area (Å²) < 4.78 is 5.60. The Bertz CT molecular complexity index is 409. The van der Waals surface area contributed by atoms with Gasteiger partial charge in [-0.1, -0.05) is 57.2 Å². The highest BCUT2D eigenvalue weighted by atomic mass is 16.5. The maximum absolute atomic E-state index is 5.60. The van der Waals surface area contributed by atoms with E-state index in [0.29, 0.717) is 5.92 Å². The molecule has 0 N–H and O–H groups in total. The number of rotatable bonds is 5. The van der Waals surface area contributed by atoms with Gasteiger partial charge in [0.15, 0.2) is 0 Å². The van der Waals surface area contributed by atoms with E-state index < -0.39 is 0 Å². The summed E-state index contributed by atoms with van der Waals surface area (Å²) in [5, 5.41) is 0. The first kappa shape index (κ1) is 14.8. The van der Waals surface area contributed by atoms with Crippen molar-refractivity contribution >= 4 is 0 Å². The van der Waals surface area contributed by atoms with E-state index in [1.54, 1.807) is 7.11 Å². The van der Waals surface area contributed by atoms with Crippen molar-refractivity contribution in [3.05, 3.63) is 35.4 Å². The number of methoxy groups -OCH3 is 1. The Balaban J connectivity index is 2.93. The fourth-order valence-corrected chi connectivity index (χ4v) is 2.04. The summed E-state index contributed by atoms with van der Waals surface area (Å²) in [7, 11) is 1.77. The van der Waals surface area contributed by atoms with Gasteiger partial charge < -0.3 is 4.74 Å². The molecule has 0 aliphatic heterocycles. The molecule has 1 nitrogen and oxygen atoms in total. The lowest BCUT2D eigenvalue weighted by atomic mass is 9.94. The Morgan fingerprint density at radius 3 is 2.56 bits per heavy atom. The first-order chi connectivity index (χ1) is 8.70. The van der Waals surface area contributed by atoms with Crippen LogP contribution in [0.2, 0.25) is 0 Å². The molecule has 1 atom stereocenters. The number of hydrogen-bond donors (Lipinski definition) is 0. The van der Waals surface area contributed by atoms with Crippen LogP contribution in [0.5, 0.6) is 0 Å². The molecule has 0 amide bonds. The molecule has 0 spiro atoms. The minimum Gasteiger partial charge on any atom is -0.376 e. The second kappa shape index (κ2) is 7.95. The molecule has 1 unspecified atom stereocenters. The Hall–Kier alpha value is -1.26. The Labute approximate surface area is 112 Å². The van der Waals surface area contributed by atoms with Crippen LogP contribution in [0, 0.1) is 17.8 Å². The molecule has 98 valence electrons. The van der Waals surface area contributed by atoms with Crippen molar-refractivity contribution in [3.8, 4) is 11.8 Å². The van der Waals surface area contributed by atoms with E-state index in [1.165, 1.54) is 18.4 Å². The summed E-state index contributed by atoms with van der Waals surface area (Å²) >= 11 is 0. The average molecular weight is 244 g/mol. The summed E-state index contributed by atoms with van der Waals surface area (Å²) in [5.74, 6) is 7.00. The number of hydrogen-bond acceptors (Lipinski definition) is 1. The lowest BCUT2D eigenvalue weighted by Gasteiger charge is -2.20. The molecule has 0 aromatic heterocycles. The van der Waals surface area contributed by atoms with Crippen molar-refractivity contribution in [2.24, 2.45) is 5.92 Å². The van der Waals surface area contributed by atoms with E-state index in [9.17, 15) is 0 Å². The quantitative estimate of drug-likeness (QED) is 0.544.